The van der Waals surface area contributed by atoms with Crippen LogP contribution in [0.4, 0.5) is 10.5 Å². The Morgan fingerprint density at radius 2 is 1.90 bits per heavy atom. The minimum absolute atomic E-state index is 0.00691. The second kappa shape index (κ2) is 9.00. The molecule has 1 heterocycles. The molecule has 0 saturated carbocycles. The second-order valence-corrected chi connectivity index (χ2v) is 7.97. The number of primary amides is 1. The number of nitrogens with two attached hydrogens (primary N) is 1. The lowest BCUT2D eigenvalue weighted by Gasteiger charge is -2.18. The van der Waals surface area contributed by atoms with Crippen LogP contribution in [0.1, 0.15) is 21.5 Å². The van der Waals surface area contributed by atoms with Crippen molar-refractivity contribution in [3.63, 3.8) is 0 Å². The fourth-order valence-corrected chi connectivity index (χ4v) is 3.86. The Balaban J connectivity index is 1.77. The number of likely N-dealkylation sites (N-methyl/N-ethyl adjacent to an activating group) is 1. The van der Waals surface area contributed by atoms with Gasteiger partial charge in [0.05, 0.1) is 12.3 Å². The zero-order chi connectivity index (χ0) is 21.8. The fraction of sp³-hybridized carbons (Fsp3) is 0.238. The molecule has 2 aromatic rings. The molecule has 0 atom stereocenters. The molecule has 3 N–H and O–H groups in total. The van der Waals surface area contributed by atoms with Gasteiger partial charge < -0.3 is 16.0 Å². The molecule has 1 aliphatic heterocycles. The van der Waals surface area contributed by atoms with Crippen LogP contribution in [0.3, 0.4) is 0 Å². The van der Waals surface area contributed by atoms with E-state index in [0.717, 1.165) is 15.4 Å². The predicted molar refractivity (Wildman–Crippen MR) is 114 cm³/mol. The number of hydrogen-bond donors (Lipinski definition) is 2. The highest BCUT2D eigenvalue weighted by Gasteiger charge is 2.33. The third-order valence-electron chi connectivity index (χ3n) is 4.68. The Labute approximate surface area is 178 Å². The molecule has 30 heavy (non-hydrogen) atoms. The highest BCUT2D eigenvalue weighted by molar-refractivity contribution is 8.00. The van der Waals surface area contributed by atoms with Crippen molar-refractivity contribution < 1.29 is 19.2 Å². The number of nitrogens with zero attached hydrogens (tertiary/aromatic N) is 2. The van der Waals surface area contributed by atoms with Crippen molar-refractivity contribution in [2.45, 2.75) is 18.4 Å². The average Bonchev–Trinajstić information content (AvgIpc) is 2.94. The first-order chi connectivity index (χ1) is 14.3. The molecule has 9 heteroatoms. The first-order valence-corrected chi connectivity index (χ1v) is 10.2. The summed E-state index contributed by atoms with van der Waals surface area (Å²) in [7, 11) is 1.54. The van der Waals surface area contributed by atoms with Gasteiger partial charge >= 0.3 is 6.03 Å². The van der Waals surface area contributed by atoms with Crippen LogP contribution >= 0.6 is 11.8 Å². The molecule has 8 nitrogen and oxygen atoms in total. The number of rotatable bonds is 7. The monoisotopic (exact) mass is 426 g/mol. The zero-order valence-electron chi connectivity index (χ0n) is 16.7. The van der Waals surface area contributed by atoms with Gasteiger partial charge in [0.25, 0.3) is 5.91 Å². The summed E-state index contributed by atoms with van der Waals surface area (Å²) in [5.74, 6) is -1.08. The quantitative estimate of drug-likeness (QED) is 0.521. The Kier molecular flexibility index (Phi) is 6.41. The van der Waals surface area contributed by atoms with Crippen molar-refractivity contribution in [2.75, 3.05) is 24.7 Å². The molecule has 0 aromatic heterocycles. The number of aryl methyl sites for hydroxylation is 1. The summed E-state index contributed by atoms with van der Waals surface area (Å²) in [5.41, 5.74) is 7.53. The first kappa shape index (κ1) is 21.4. The number of urea groups is 1. The summed E-state index contributed by atoms with van der Waals surface area (Å²) in [6.45, 7) is 1.96. The van der Waals surface area contributed by atoms with Gasteiger partial charge in [-0.25, -0.2) is 4.79 Å². The van der Waals surface area contributed by atoms with Crippen LogP contribution in [0, 0.1) is 6.92 Å². The molecule has 2 aromatic carbocycles. The Hall–Kier alpha value is -3.33. The summed E-state index contributed by atoms with van der Waals surface area (Å²) in [6.07, 6.45) is 0. The van der Waals surface area contributed by atoms with Crippen LogP contribution < -0.4 is 11.1 Å². The van der Waals surface area contributed by atoms with E-state index in [4.69, 9.17) is 5.73 Å². The van der Waals surface area contributed by atoms with Gasteiger partial charge in [-0.2, -0.15) is 0 Å². The summed E-state index contributed by atoms with van der Waals surface area (Å²) in [4.78, 5) is 51.8. The first-order valence-electron chi connectivity index (χ1n) is 9.22. The van der Waals surface area contributed by atoms with Gasteiger partial charge in [0.2, 0.25) is 11.8 Å². The highest BCUT2D eigenvalue weighted by Crippen LogP contribution is 2.25. The van der Waals surface area contributed by atoms with Crippen molar-refractivity contribution in [1.82, 2.24) is 9.80 Å². The maximum atomic E-state index is 12.5. The molecule has 0 aliphatic carbocycles. The molecular weight excluding hydrogens is 404 g/mol. The minimum atomic E-state index is -0.639. The maximum absolute atomic E-state index is 12.5. The molecule has 0 bridgehead atoms. The van der Waals surface area contributed by atoms with Crippen molar-refractivity contribution in [3.8, 4) is 0 Å². The predicted octanol–water partition coefficient (Wildman–Crippen LogP) is 2.22. The maximum Gasteiger partial charge on any atom is 0.327 e. The molecule has 0 unspecified atom stereocenters. The molecule has 1 aliphatic rings. The van der Waals surface area contributed by atoms with E-state index in [2.05, 4.69) is 5.32 Å². The van der Waals surface area contributed by atoms with E-state index >= 15 is 0 Å². The van der Waals surface area contributed by atoms with Gasteiger partial charge in [-0.1, -0.05) is 24.3 Å². The molecule has 3 rings (SSSR count). The summed E-state index contributed by atoms with van der Waals surface area (Å²) >= 11 is 1.40. The lowest BCUT2D eigenvalue weighted by atomic mass is 10.1. The number of carbonyl (C=O) groups is 4. The Morgan fingerprint density at radius 3 is 2.53 bits per heavy atom. The Morgan fingerprint density at radius 1 is 1.17 bits per heavy atom. The van der Waals surface area contributed by atoms with Crippen LogP contribution in [0.2, 0.25) is 0 Å². The van der Waals surface area contributed by atoms with E-state index in [1.807, 2.05) is 31.2 Å². The molecule has 0 spiro atoms. The number of amides is 5. The Bertz CT molecular complexity index is 1020. The SMILES string of the molecule is Cc1ccccc1SCC(=O)Nc1cc(C(N)=O)ccc1CN1C(=O)CN(C)C1=O. The van der Waals surface area contributed by atoms with E-state index in [0.29, 0.717) is 11.3 Å². The summed E-state index contributed by atoms with van der Waals surface area (Å²) < 4.78 is 0. The molecule has 0 radical (unpaired) electrons. The molecule has 5 amide bonds. The van der Waals surface area contributed by atoms with E-state index in [1.165, 1.54) is 28.8 Å². The van der Waals surface area contributed by atoms with Crippen LogP contribution in [0.25, 0.3) is 0 Å². The number of hydrogen-bond acceptors (Lipinski definition) is 5. The second-order valence-electron chi connectivity index (χ2n) is 6.96. The van der Waals surface area contributed by atoms with Gasteiger partial charge in [-0.05, 0) is 36.2 Å². The number of carbonyl (C=O) groups excluding carboxylic acids is 4. The molecule has 1 fully saturated rings. The van der Waals surface area contributed by atoms with Crippen LogP contribution in [0.5, 0.6) is 0 Å². The van der Waals surface area contributed by atoms with Crippen LogP contribution in [-0.2, 0) is 16.1 Å². The number of anilines is 1. The lowest BCUT2D eigenvalue weighted by molar-refractivity contribution is -0.125. The van der Waals surface area contributed by atoms with Crippen molar-refractivity contribution in [3.05, 3.63) is 59.2 Å². The van der Waals surface area contributed by atoms with Gasteiger partial charge in [0, 0.05) is 23.2 Å². The van der Waals surface area contributed by atoms with Crippen molar-refractivity contribution in [2.24, 2.45) is 5.73 Å². The third kappa shape index (κ3) is 4.80. The van der Waals surface area contributed by atoms with Crippen LogP contribution in [0.15, 0.2) is 47.4 Å². The highest BCUT2D eigenvalue weighted by atomic mass is 32.2. The van der Waals surface area contributed by atoms with Gasteiger partial charge in [0.15, 0.2) is 0 Å². The summed E-state index contributed by atoms with van der Waals surface area (Å²) in [6, 6.07) is 11.9. The van der Waals surface area contributed by atoms with E-state index in [9.17, 15) is 19.2 Å². The zero-order valence-corrected chi connectivity index (χ0v) is 17.5. The smallest absolute Gasteiger partial charge is 0.327 e. The average molecular weight is 426 g/mol. The number of thioether (sulfide) groups is 1. The number of benzene rings is 2. The number of nitrogens with one attached hydrogen (secondary N) is 1. The third-order valence-corrected chi connectivity index (χ3v) is 5.86. The topological polar surface area (TPSA) is 113 Å². The summed E-state index contributed by atoms with van der Waals surface area (Å²) in [5, 5.41) is 2.78. The van der Waals surface area contributed by atoms with Crippen molar-refractivity contribution in [1.29, 1.82) is 0 Å². The van der Waals surface area contributed by atoms with Crippen molar-refractivity contribution >= 4 is 41.2 Å². The normalized spacial score (nSPS) is 13.7. The van der Waals surface area contributed by atoms with Gasteiger partial charge in [-0.3, -0.25) is 19.3 Å². The van der Waals surface area contributed by atoms with Gasteiger partial charge in [0.1, 0.15) is 6.54 Å². The molecular formula is C21H22N4O4S. The van der Waals surface area contributed by atoms with E-state index in [1.54, 1.807) is 13.1 Å². The standard InChI is InChI=1S/C21H22N4O4S/c1-13-5-3-4-6-17(13)30-12-18(26)23-16-9-14(20(22)28)7-8-15(16)10-25-19(27)11-24(2)21(25)29/h3-9H,10-12H2,1-2H3,(H2,22,28)(H,23,26). The van der Waals surface area contributed by atoms with Crippen LogP contribution in [-0.4, -0.2) is 52.9 Å². The van der Waals surface area contributed by atoms with E-state index < -0.39 is 11.9 Å². The minimum Gasteiger partial charge on any atom is -0.366 e. The molecule has 1 saturated heterocycles. The number of imide groups is 1. The van der Waals surface area contributed by atoms with E-state index in [-0.39, 0.29) is 36.2 Å². The fourth-order valence-electron chi connectivity index (χ4n) is 3.03. The largest absolute Gasteiger partial charge is 0.366 e. The van der Waals surface area contributed by atoms with Gasteiger partial charge in [-0.15, -0.1) is 11.8 Å². The lowest BCUT2D eigenvalue weighted by Crippen LogP contribution is -2.31. The molecule has 156 valence electrons.